The molecule has 1 saturated heterocycles. The number of rotatable bonds is 5. The second-order valence-electron chi connectivity index (χ2n) is 6.66. The molecule has 1 aliphatic heterocycles. The highest BCUT2D eigenvalue weighted by atomic mass is 32.2. The first-order valence-electron chi connectivity index (χ1n) is 9.31. The van der Waals surface area contributed by atoms with E-state index >= 15 is 0 Å². The number of anilines is 2. The van der Waals surface area contributed by atoms with Crippen LogP contribution in [0, 0.1) is 0 Å². The summed E-state index contributed by atoms with van der Waals surface area (Å²) in [6.45, 7) is 1.52. The van der Waals surface area contributed by atoms with Crippen molar-refractivity contribution < 1.29 is 13.2 Å². The Hall–Kier alpha value is -2.19. The van der Waals surface area contributed by atoms with E-state index in [-0.39, 0.29) is 10.9 Å². The standard InChI is InChI=1S/C20H25N3O3S2/c1-27-19-9-5-4-8-18(19)22-28(25,26)17-12-10-16(11-13-17)21-20(24)23-14-6-2-3-7-15-23/h4-5,8-13,22H,2-3,6-7,14-15H2,1H3,(H,21,24). The summed E-state index contributed by atoms with van der Waals surface area (Å²) in [6.07, 6.45) is 6.25. The molecule has 6 nitrogen and oxygen atoms in total. The summed E-state index contributed by atoms with van der Waals surface area (Å²) >= 11 is 1.48. The molecule has 8 heteroatoms. The normalized spacial score (nSPS) is 15.0. The Bertz CT molecular complexity index is 907. The fourth-order valence-electron chi connectivity index (χ4n) is 3.13. The molecule has 2 amide bonds. The minimum atomic E-state index is -3.70. The van der Waals surface area contributed by atoms with Crippen LogP contribution in [0.1, 0.15) is 25.7 Å². The Kier molecular flexibility index (Phi) is 6.85. The summed E-state index contributed by atoms with van der Waals surface area (Å²) in [5.74, 6) is 0. The van der Waals surface area contributed by atoms with Gasteiger partial charge in [-0.2, -0.15) is 0 Å². The molecule has 0 spiro atoms. The van der Waals surface area contributed by atoms with Gasteiger partial charge in [-0.05, 0) is 55.5 Å². The van der Waals surface area contributed by atoms with Crippen LogP contribution in [0.5, 0.6) is 0 Å². The van der Waals surface area contributed by atoms with Crippen LogP contribution in [0.2, 0.25) is 0 Å². The zero-order chi connectivity index (χ0) is 20.0. The first-order chi connectivity index (χ1) is 13.5. The molecule has 0 aromatic heterocycles. The predicted molar refractivity (Wildman–Crippen MR) is 115 cm³/mol. The summed E-state index contributed by atoms with van der Waals surface area (Å²) in [7, 11) is -3.70. The summed E-state index contributed by atoms with van der Waals surface area (Å²) in [5, 5.41) is 2.85. The minimum Gasteiger partial charge on any atom is -0.325 e. The number of urea groups is 1. The van der Waals surface area contributed by atoms with E-state index < -0.39 is 10.0 Å². The highest BCUT2D eigenvalue weighted by molar-refractivity contribution is 7.99. The van der Waals surface area contributed by atoms with Crippen molar-refractivity contribution in [2.24, 2.45) is 0 Å². The lowest BCUT2D eigenvalue weighted by atomic mass is 10.2. The maximum Gasteiger partial charge on any atom is 0.321 e. The van der Waals surface area contributed by atoms with Crippen molar-refractivity contribution in [3.63, 3.8) is 0 Å². The van der Waals surface area contributed by atoms with E-state index in [1.54, 1.807) is 24.3 Å². The van der Waals surface area contributed by atoms with Crippen LogP contribution in [0.15, 0.2) is 58.3 Å². The molecular weight excluding hydrogens is 394 g/mol. The molecule has 28 heavy (non-hydrogen) atoms. The maximum atomic E-state index is 12.7. The number of hydrogen-bond donors (Lipinski definition) is 2. The molecule has 2 aromatic rings. The van der Waals surface area contributed by atoms with E-state index in [2.05, 4.69) is 10.0 Å². The number of carbonyl (C=O) groups is 1. The fraction of sp³-hybridized carbons (Fsp3) is 0.350. The van der Waals surface area contributed by atoms with Gasteiger partial charge in [-0.1, -0.05) is 25.0 Å². The lowest BCUT2D eigenvalue weighted by Crippen LogP contribution is -2.35. The van der Waals surface area contributed by atoms with E-state index in [1.807, 2.05) is 23.3 Å². The quantitative estimate of drug-likeness (QED) is 0.693. The minimum absolute atomic E-state index is 0.135. The van der Waals surface area contributed by atoms with E-state index in [1.165, 1.54) is 23.9 Å². The zero-order valence-corrected chi connectivity index (χ0v) is 17.5. The average Bonchev–Trinajstić information content (AvgIpc) is 2.98. The molecule has 0 bridgehead atoms. The second-order valence-corrected chi connectivity index (χ2v) is 9.19. The summed E-state index contributed by atoms with van der Waals surface area (Å²) in [6, 6.07) is 13.4. The van der Waals surface area contributed by atoms with Crippen molar-refractivity contribution in [2.45, 2.75) is 35.5 Å². The van der Waals surface area contributed by atoms with Crippen molar-refractivity contribution in [3.8, 4) is 0 Å². The van der Waals surface area contributed by atoms with Gasteiger partial charge in [0.15, 0.2) is 0 Å². The van der Waals surface area contributed by atoms with Gasteiger partial charge in [-0.25, -0.2) is 13.2 Å². The number of benzene rings is 2. The molecule has 0 saturated carbocycles. The molecule has 2 aromatic carbocycles. The number of thioether (sulfide) groups is 1. The molecule has 2 N–H and O–H groups in total. The Morgan fingerprint density at radius 3 is 2.25 bits per heavy atom. The molecule has 150 valence electrons. The van der Waals surface area contributed by atoms with Crippen molar-refractivity contribution in [1.82, 2.24) is 4.90 Å². The molecule has 1 heterocycles. The molecule has 1 aliphatic rings. The molecule has 0 unspecified atom stereocenters. The number of para-hydroxylation sites is 1. The SMILES string of the molecule is CSc1ccccc1NS(=O)(=O)c1ccc(NC(=O)N2CCCCCC2)cc1. The Balaban J connectivity index is 1.68. The number of sulfonamides is 1. The van der Waals surface area contributed by atoms with Crippen LogP contribution in [0.25, 0.3) is 0 Å². The summed E-state index contributed by atoms with van der Waals surface area (Å²) < 4.78 is 28.0. The number of nitrogens with zero attached hydrogens (tertiary/aromatic N) is 1. The zero-order valence-electron chi connectivity index (χ0n) is 15.8. The smallest absolute Gasteiger partial charge is 0.321 e. The number of hydrogen-bond acceptors (Lipinski definition) is 4. The van der Waals surface area contributed by atoms with Gasteiger partial charge in [-0.3, -0.25) is 4.72 Å². The van der Waals surface area contributed by atoms with Crippen molar-refractivity contribution >= 4 is 39.2 Å². The molecule has 1 fully saturated rings. The van der Waals surface area contributed by atoms with Crippen LogP contribution in [-0.4, -0.2) is 38.7 Å². The predicted octanol–water partition coefficient (Wildman–Crippen LogP) is 4.62. The maximum absolute atomic E-state index is 12.7. The largest absolute Gasteiger partial charge is 0.325 e. The van der Waals surface area contributed by atoms with Crippen molar-refractivity contribution in [2.75, 3.05) is 29.4 Å². The van der Waals surface area contributed by atoms with Gasteiger partial charge in [0.2, 0.25) is 0 Å². The van der Waals surface area contributed by atoms with Crippen LogP contribution in [0.3, 0.4) is 0 Å². The first-order valence-corrected chi connectivity index (χ1v) is 12.0. The molecular formula is C20H25N3O3S2. The molecule has 0 atom stereocenters. The third kappa shape index (κ3) is 5.20. The highest BCUT2D eigenvalue weighted by Crippen LogP contribution is 2.27. The van der Waals surface area contributed by atoms with E-state index in [0.29, 0.717) is 11.4 Å². The monoisotopic (exact) mass is 419 g/mol. The van der Waals surface area contributed by atoms with Gasteiger partial charge < -0.3 is 10.2 Å². The van der Waals surface area contributed by atoms with Crippen LogP contribution in [0.4, 0.5) is 16.2 Å². The second kappa shape index (κ2) is 9.34. The first kappa shape index (κ1) is 20.5. The molecule has 0 radical (unpaired) electrons. The van der Waals surface area contributed by atoms with Gasteiger partial charge in [-0.15, -0.1) is 11.8 Å². The van der Waals surface area contributed by atoms with E-state index in [9.17, 15) is 13.2 Å². The van der Waals surface area contributed by atoms with Gasteiger partial charge in [0, 0.05) is 23.7 Å². The third-order valence-electron chi connectivity index (χ3n) is 4.66. The average molecular weight is 420 g/mol. The Morgan fingerprint density at radius 2 is 1.61 bits per heavy atom. The molecule has 3 rings (SSSR count). The van der Waals surface area contributed by atoms with Gasteiger partial charge in [0.05, 0.1) is 10.6 Å². The number of amides is 2. The summed E-state index contributed by atoms with van der Waals surface area (Å²) in [5.41, 5.74) is 1.13. The number of nitrogens with one attached hydrogen (secondary N) is 2. The van der Waals surface area contributed by atoms with Crippen molar-refractivity contribution in [1.29, 1.82) is 0 Å². The van der Waals surface area contributed by atoms with E-state index in [4.69, 9.17) is 0 Å². The highest BCUT2D eigenvalue weighted by Gasteiger charge is 2.18. The molecule has 0 aliphatic carbocycles. The van der Waals surface area contributed by atoms with Gasteiger partial charge in [0.1, 0.15) is 0 Å². The van der Waals surface area contributed by atoms with Gasteiger partial charge >= 0.3 is 6.03 Å². The number of likely N-dealkylation sites (tertiary alicyclic amines) is 1. The van der Waals surface area contributed by atoms with Crippen LogP contribution in [-0.2, 0) is 10.0 Å². The number of carbonyl (C=O) groups excluding carboxylic acids is 1. The Morgan fingerprint density at radius 1 is 0.964 bits per heavy atom. The van der Waals surface area contributed by atoms with Crippen LogP contribution < -0.4 is 10.0 Å². The van der Waals surface area contributed by atoms with E-state index in [0.717, 1.165) is 43.7 Å². The Labute approximate surface area is 170 Å². The topological polar surface area (TPSA) is 78.5 Å². The lowest BCUT2D eigenvalue weighted by Gasteiger charge is -2.20. The summed E-state index contributed by atoms with van der Waals surface area (Å²) in [4.78, 5) is 15.2. The van der Waals surface area contributed by atoms with Crippen molar-refractivity contribution in [3.05, 3.63) is 48.5 Å². The van der Waals surface area contributed by atoms with Crippen LogP contribution >= 0.6 is 11.8 Å². The fourth-order valence-corrected chi connectivity index (χ4v) is 4.82. The van der Waals surface area contributed by atoms with Gasteiger partial charge in [0.25, 0.3) is 10.0 Å². The third-order valence-corrected chi connectivity index (χ3v) is 6.84. The lowest BCUT2D eigenvalue weighted by molar-refractivity contribution is 0.214.